The number of esters is 1. The Morgan fingerprint density at radius 3 is 2.15 bits per heavy atom. The van der Waals surface area contributed by atoms with Crippen molar-refractivity contribution in [1.29, 1.82) is 0 Å². The highest BCUT2D eigenvalue weighted by atomic mass is 16.5. The van der Waals surface area contributed by atoms with Gasteiger partial charge in [0.15, 0.2) is 0 Å². The van der Waals surface area contributed by atoms with Crippen LogP contribution in [-0.4, -0.2) is 5.97 Å². The average Bonchev–Trinajstić information content (AvgIpc) is 2.50. The van der Waals surface area contributed by atoms with Gasteiger partial charge in [0, 0.05) is 5.56 Å². The van der Waals surface area contributed by atoms with Gasteiger partial charge in [0.2, 0.25) is 0 Å². The lowest BCUT2D eigenvalue weighted by atomic mass is 9.80. The first-order valence-electron chi connectivity index (χ1n) is 9.30. The fraction of sp³-hybridized carbons (Fsp3) is 0.458. The molecule has 2 aromatic rings. The summed E-state index contributed by atoms with van der Waals surface area (Å²) >= 11 is 0. The molecule has 0 fully saturated rings. The second kappa shape index (κ2) is 7.26. The Morgan fingerprint density at radius 1 is 0.923 bits per heavy atom. The molecule has 2 rings (SSSR count). The number of carbonyl (C=O) groups is 1. The molecule has 0 spiro atoms. The van der Waals surface area contributed by atoms with Crippen molar-refractivity contribution in [3.63, 3.8) is 0 Å². The van der Waals surface area contributed by atoms with Crippen LogP contribution in [0.1, 0.15) is 69.4 Å². The molecule has 140 valence electrons. The molecule has 0 radical (unpaired) electrons. The van der Waals surface area contributed by atoms with E-state index in [0.717, 1.165) is 16.7 Å². The van der Waals surface area contributed by atoms with Crippen LogP contribution >= 0.6 is 0 Å². The Labute approximate surface area is 158 Å². The first-order chi connectivity index (χ1) is 11.9. The number of hydrogen-bond acceptors (Lipinski definition) is 2. The van der Waals surface area contributed by atoms with Gasteiger partial charge < -0.3 is 4.74 Å². The summed E-state index contributed by atoms with van der Waals surface area (Å²) in [7, 11) is 0. The van der Waals surface area contributed by atoms with Gasteiger partial charge >= 0.3 is 5.97 Å². The third-order valence-corrected chi connectivity index (χ3v) is 4.93. The van der Waals surface area contributed by atoms with Crippen LogP contribution in [0.5, 0.6) is 5.75 Å². The summed E-state index contributed by atoms with van der Waals surface area (Å²) in [4.78, 5) is 12.6. The Bertz CT molecular complexity index is 802. The molecule has 26 heavy (non-hydrogen) atoms. The van der Waals surface area contributed by atoms with E-state index in [0.29, 0.717) is 5.75 Å². The highest BCUT2D eigenvalue weighted by Gasteiger charge is 2.24. The molecule has 0 bridgehead atoms. The van der Waals surface area contributed by atoms with Crippen molar-refractivity contribution in [3.8, 4) is 5.75 Å². The molecule has 0 atom stereocenters. The van der Waals surface area contributed by atoms with Crippen molar-refractivity contribution in [1.82, 2.24) is 0 Å². The SMILES string of the molecule is Cc1cccc(CC(=O)Oc2ccc(C(C)(C)C)cc2C(C)(C)C)c1C. The molecule has 0 unspecified atom stereocenters. The molecule has 0 amide bonds. The zero-order chi connectivity index (χ0) is 19.7. The van der Waals surface area contributed by atoms with Gasteiger partial charge in [-0.3, -0.25) is 4.79 Å². The normalized spacial score (nSPS) is 12.2. The van der Waals surface area contributed by atoms with Crippen LogP contribution in [0, 0.1) is 13.8 Å². The molecule has 0 aromatic heterocycles. The molecule has 0 saturated carbocycles. The fourth-order valence-corrected chi connectivity index (χ4v) is 2.99. The van der Waals surface area contributed by atoms with Crippen molar-refractivity contribution in [2.75, 3.05) is 0 Å². The van der Waals surface area contributed by atoms with Crippen molar-refractivity contribution in [3.05, 3.63) is 64.2 Å². The van der Waals surface area contributed by atoms with E-state index in [2.05, 4.69) is 73.6 Å². The van der Waals surface area contributed by atoms with Gasteiger partial charge in [-0.1, -0.05) is 71.9 Å². The quantitative estimate of drug-likeness (QED) is 0.497. The first-order valence-corrected chi connectivity index (χ1v) is 9.30. The topological polar surface area (TPSA) is 26.3 Å². The lowest BCUT2D eigenvalue weighted by Gasteiger charge is -2.27. The minimum Gasteiger partial charge on any atom is -0.426 e. The first kappa shape index (κ1) is 20.2. The lowest BCUT2D eigenvalue weighted by Crippen LogP contribution is -2.20. The van der Waals surface area contributed by atoms with E-state index in [-0.39, 0.29) is 23.2 Å². The van der Waals surface area contributed by atoms with E-state index in [9.17, 15) is 4.79 Å². The van der Waals surface area contributed by atoms with Crippen molar-refractivity contribution >= 4 is 5.97 Å². The zero-order valence-corrected chi connectivity index (χ0v) is 17.5. The molecule has 0 heterocycles. The molecule has 2 nitrogen and oxygen atoms in total. The van der Waals surface area contributed by atoms with Gasteiger partial charge in [-0.15, -0.1) is 0 Å². The maximum Gasteiger partial charge on any atom is 0.315 e. The van der Waals surface area contributed by atoms with Crippen LogP contribution in [-0.2, 0) is 22.0 Å². The number of benzene rings is 2. The highest BCUT2D eigenvalue weighted by molar-refractivity contribution is 5.76. The van der Waals surface area contributed by atoms with Crippen LogP contribution < -0.4 is 4.74 Å². The van der Waals surface area contributed by atoms with Gasteiger partial charge in [-0.2, -0.15) is 0 Å². The number of hydrogen-bond donors (Lipinski definition) is 0. The van der Waals surface area contributed by atoms with Crippen molar-refractivity contribution in [2.45, 2.75) is 72.6 Å². The lowest BCUT2D eigenvalue weighted by molar-refractivity contribution is -0.133. The van der Waals surface area contributed by atoms with E-state index >= 15 is 0 Å². The maximum absolute atomic E-state index is 12.6. The van der Waals surface area contributed by atoms with Crippen LogP contribution in [0.25, 0.3) is 0 Å². The summed E-state index contributed by atoms with van der Waals surface area (Å²) < 4.78 is 5.80. The van der Waals surface area contributed by atoms with E-state index in [1.54, 1.807) is 0 Å². The van der Waals surface area contributed by atoms with E-state index in [1.807, 2.05) is 18.2 Å². The largest absolute Gasteiger partial charge is 0.426 e. The predicted octanol–water partition coefficient (Wildman–Crippen LogP) is 6.05. The standard InChI is InChI=1S/C24H32O2/c1-16-10-9-11-18(17(16)2)14-22(25)26-21-13-12-19(23(3,4)5)15-20(21)24(6,7)8/h9-13,15H,14H2,1-8H3. The number of aryl methyl sites for hydroxylation is 1. The summed E-state index contributed by atoms with van der Waals surface area (Å²) in [5.74, 6) is 0.452. The smallest absolute Gasteiger partial charge is 0.315 e. The van der Waals surface area contributed by atoms with Crippen LogP contribution in [0.2, 0.25) is 0 Å². The highest BCUT2D eigenvalue weighted by Crippen LogP contribution is 2.35. The molecule has 0 N–H and O–H groups in total. The van der Waals surface area contributed by atoms with E-state index in [1.165, 1.54) is 11.1 Å². The van der Waals surface area contributed by atoms with Gasteiger partial charge in [0.1, 0.15) is 5.75 Å². The van der Waals surface area contributed by atoms with Gasteiger partial charge in [0.05, 0.1) is 6.42 Å². The molecule has 0 aliphatic rings. The predicted molar refractivity (Wildman–Crippen MR) is 109 cm³/mol. The molecular formula is C24H32O2. The third kappa shape index (κ3) is 4.75. The molecular weight excluding hydrogens is 320 g/mol. The Balaban J connectivity index is 2.31. The Kier molecular flexibility index (Phi) is 5.65. The molecule has 0 aliphatic heterocycles. The van der Waals surface area contributed by atoms with Crippen LogP contribution in [0.15, 0.2) is 36.4 Å². The number of rotatable bonds is 3. The molecule has 2 heteroatoms. The monoisotopic (exact) mass is 352 g/mol. The minimum atomic E-state index is -0.215. The van der Waals surface area contributed by atoms with Crippen LogP contribution in [0.3, 0.4) is 0 Å². The van der Waals surface area contributed by atoms with E-state index < -0.39 is 0 Å². The average molecular weight is 353 g/mol. The van der Waals surface area contributed by atoms with Gasteiger partial charge in [-0.25, -0.2) is 0 Å². The Morgan fingerprint density at radius 2 is 1.58 bits per heavy atom. The van der Waals surface area contributed by atoms with Crippen molar-refractivity contribution in [2.24, 2.45) is 0 Å². The second-order valence-electron chi connectivity index (χ2n) is 9.22. The summed E-state index contributed by atoms with van der Waals surface area (Å²) in [6, 6.07) is 12.2. The number of ether oxygens (including phenoxy) is 1. The number of carbonyl (C=O) groups excluding carboxylic acids is 1. The summed E-state index contributed by atoms with van der Waals surface area (Å²) in [5, 5.41) is 0. The van der Waals surface area contributed by atoms with Crippen molar-refractivity contribution < 1.29 is 9.53 Å². The fourth-order valence-electron chi connectivity index (χ4n) is 2.99. The van der Waals surface area contributed by atoms with Gasteiger partial charge in [-0.05, 0) is 53.0 Å². The van der Waals surface area contributed by atoms with Crippen LogP contribution in [0.4, 0.5) is 0 Å². The molecule has 0 aliphatic carbocycles. The van der Waals surface area contributed by atoms with E-state index in [4.69, 9.17) is 4.74 Å². The molecule has 2 aromatic carbocycles. The zero-order valence-electron chi connectivity index (χ0n) is 17.5. The summed E-state index contributed by atoms with van der Waals surface area (Å²) in [6.07, 6.45) is 0.290. The second-order valence-corrected chi connectivity index (χ2v) is 9.22. The maximum atomic E-state index is 12.6. The Hall–Kier alpha value is -2.09. The summed E-state index contributed by atoms with van der Waals surface area (Å²) in [5.41, 5.74) is 5.65. The molecule has 0 saturated heterocycles. The van der Waals surface area contributed by atoms with Gasteiger partial charge in [0.25, 0.3) is 0 Å². The third-order valence-electron chi connectivity index (χ3n) is 4.93. The summed E-state index contributed by atoms with van der Waals surface area (Å²) in [6.45, 7) is 17.1. The minimum absolute atomic E-state index is 0.0568.